The maximum atomic E-state index is 13.6. The molecule has 1 aromatic heterocycles. The molecule has 35 heavy (non-hydrogen) atoms. The summed E-state index contributed by atoms with van der Waals surface area (Å²) < 4.78 is 10.9. The molecule has 1 atom stereocenters. The number of ether oxygens (including phenoxy) is 2. The van der Waals surface area contributed by atoms with Crippen molar-refractivity contribution in [3.05, 3.63) is 65.4 Å². The summed E-state index contributed by atoms with van der Waals surface area (Å²) in [6.07, 6.45) is 3.06. The molecule has 0 spiro atoms. The third-order valence-electron chi connectivity index (χ3n) is 6.63. The molecule has 7 heteroatoms. The number of pyridine rings is 1. The van der Waals surface area contributed by atoms with Crippen LogP contribution in [0.5, 0.6) is 23.1 Å². The summed E-state index contributed by atoms with van der Waals surface area (Å²) in [6.45, 7) is 3.10. The number of aromatic hydroxyl groups is 2. The molecule has 0 bridgehead atoms. The van der Waals surface area contributed by atoms with Crippen LogP contribution in [0.15, 0.2) is 48.5 Å². The van der Waals surface area contributed by atoms with Crippen LogP contribution in [-0.4, -0.2) is 53.3 Å². The van der Waals surface area contributed by atoms with Gasteiger partial charge >= 0.3 is 0 Å². The molecule has 0 radical (unpaired) electrons. The van der Waals surface area contributed by atoms with Crippen LogP contribution in [0.2, 0.25) is 0 Å². The zero-order valence-electron chi connectivity index (χ0n) is 20.5. The van der Waals surface area contributed by atoms with Crippen molar-refractivity contribution in [1.29, 1.82) is 0 Å². The van der Waals surface area contributed by atoms with Gasteiger partial charge in [-0.05, 0) is 43.0 Å². The normalized spacial score (nSPS) is 15.3. The molecule has 4 rings (SSSR count). The number of nitrogens with zero attached hydrogens (tertiary/aromatic N) is 2. The summed E-state index contributed by atoms with van der Waals surface area (Å²) in [6, 6.07) is 15.3. The molecule has 184 valence electrons. The zero-order chi connectivity index (χ0) is 24.9. The second-order valence-corrected chi connectivity index (χ2v) is 8.80. The predicted octanol–water partition coefficient (Wildman–Crippen LogP) is 5.15. The van der Waals surface area contributed by atoms with E-state index in [1.165, 1.54) is 5.56 Å². The fraction of sp³-hybridized carbons (Fsp3) is 0.357. The van der Waals surface area contributed by atoms with Gasteiger partial charge in [-0.25, -0.2) is 4.98 Å². The van der Waals surface area contributed by atoms with Crippen LogP contribution in [0.3, 0.4) is 0 Å². The molecular formula is C28H32N2O5. The van der Waals surface area contributed by atoms with Crippen LogP contribution < -0.4 is 9.47 Å². The molecule has 0 aliphatic carbocycles. The average molecular weight is 477 g/mol. The quantitative estimate of drug-likeness (QED) is 0.467. The SMILES string of the molecule is CCCCc1nc(O)c(C(=O)N2CC[C@@H](c3ccccc3)C2)c(O)c1-c1cc(OC)ccc1OC. The third kappa shape index (κ3) is 4.90. The minimum absolute atomic E-state index is 0.182. The van der Waals surface area contributed by atoms with Gasteiger partial charge in [-0.3, -0.25) is 4.79 Å². The molecule has 1 aliphatic rings. The van der Waals surface area contributed by atoms with Gasteiger partial charge in [-0.2, -0.15) is 0 Å². The number of methoxy groups -OCH3 is 2. The molecule has 0 unspecified atom stereocenters. The van der Waals surface area contributed by atoms with Crippen molar-refractivity contribution < 1.29 is 24.5 Å². The number of benzene rings is 2. The monoisotopic (exact) mass is 476 g/mol. The van der Waals surface area contributed by atoms with E-state index in [2.05, 4.69) is 24.0 Å². The van der Waals surface area contributed by atoms with Gasteiger partial charge in [-0.15, -0.1) is 0 Å². The highest BCUT2D eigenvalue weighted by atomic mass is 16.5. The maximum absolute atomic E-state index is 13.6. The van der Waals surface area contributed by atoms with Gasteiger partial charge in [0.25, 0.3) is 5.91 Å². The van der Waals surface area contributed by atoms with E-state index in [1.54, 1.807) is 37.3 Å². The lowest BCUT2D eigenvalue weighted by Crippen LogP contribution is -2.29. The molecule has 1 amide bonds. The highest BCUT2D eigenvalue weighted by Gasteiger charge is 2.33. The number of hydrogen-bond acceptors (Lipinski definition) is 6. The van der Waals surface area contributed by atoms with Crippen LogP contribution >= 0.6 is 0 Å². The van der Waals surface area contributed by atoms with Crippen molar-refractivity contribution in [3.63, 3.8) is 0 Å². The molecule has 1 fully saturated rings. The zero-order valence-corrected chi connectivity index (χ0v) is 20.5. The average Bonchev–Trinajstić information content (AvgIpc) is 3.38. The minimum atomic E-state index is -0.452. The Balaban J connectivity index is 1.77. The van der Waals surface area contributed by atoms with Crippen molar-refractivity contribution >= 4 is 5.91 Å². The van der Waals surface area contributed by atoms with E-state index in [4.69, 9.17) is 9.47 Å². The fourth-order valence-corrected chi connectivity index (χ4v) is 4.72. The van der Waals surface area contributed by atoms with Crippen LogP contribution in [0.4, 0.5) is 0 Å². The number of rotatable bonds is 8. The van der Waals surface area contributed by atoms with Gasteiger partial charge in [0.05, 0.1) is 25.5 Å². The van der Waals surface area contributed by atoms with Crippen molar-refractivity contribution in [2.24, 2.45) is 0 Å². The summed E-state index contributed by atoms with van der Waals surface area (Å²) in [4.78, 5) is 19.6. The topological polar surface area (TPSA) is 92.1 Å². The Labute approximate surface area is 206 Å². The summed E-state index contributed by atoms with van der Waals surface area (Å²) >= 11 is 0. The molecule has 2 N–H and O–H groups in total. The van der Waals surface area contributed by atoms with Gasteiger partial charge < -0.3 is 24.6 Å². The molecule has 2 aromatic carbocycles. The summed E-state index contributed by atoms with van der Waals surface area (Å²) in [5, 5.41) is 22.3. The predicted molar refractivity (Wildman–Crippen MR) is 134 cm³/mol. The first kappa shape index (κ1) is 24.4. The van der Waals surface area contributed by atoms with E-state index in [0.29, 0.717) is 47.8 Å². The lowest BCUT2D eigenvalue weighted by Gasteiger charge is -2.21. The van der Waals surface area contributed by atoms with Crippen LogP contribution in [-0.2, 0) is 6.42 Å². The van der Waals surface area contributed by atoms with Crippen LogP contribution in [0.25, 0.3) is 11.1 Å². The van der Waals surface area contributed by atoms with E-state index in [1.807, 2.05) is 18.2 Å². The van der Waals surface area contributed by atoms with Gasteiger partial charge in [0.1, 0.15) is 22.8 Å². The molecule has 0 saturated carbocycles. The number of hydrogen-bond donors (Lipinski definition) is 2. The van der Waals surface area contributed by atoms with Crippen molar-refractivity contribution in [2.45, 2.75) is 38.5 Å². The summed E-state index contributed by atoms with van der Waals surface area (Å²) in [5.41, 5.74) is 2.44. The van der Waals surface area contributed by atoms with Crippen molar-refractivity contribution in [3.8, 4) is 34.3 Å². The lowest BCUT2D eigenvalue weighted by molar-refractivity contribution is 0.0783. The Bertz CT molecular complexity index is 1200. The Morgan fingerprint density at radius 1 is 1.11 bits per heavy atom. The molecule has 3 aromatic rings. The van der Waals surface area contributed by atoms with E-state index in [-0.39, 0.29) is 17.2 Å². The molecular weight excluding hydrogens is 444 g/mol. The highest BCUT2D eigenvalue weighted by molar-refractivity contribution is 6.02. The van der Waals surface area contributed by atoms with Gasteiger partial charge in [0, 0.05) is 24.6 Å². The standard InChI is InChI=1S/C28H32N2O5/c1-4-5-11-22-24(21-16-20(34-2)12-13-23(21)35-3)26(31)25(27(32)29-22)28(33)30-15-14-19(17-30)18-9-7-6-8-10-18/h6-10,12-13,16,19H,4-5,11,14-15,17H2,1-3H3,(H2,29,31,32)/t19-/m1/s1. The molecule has 1 saturated heterocycles. The minimum Gasteiger partial charge on any atom is -0.506 e. The first-order valence-electron chi connectivity index (χ1n) is 12.0. The van der Waals surface area contributed by atoms with Gasteiger partial charge in [0.15, 0.2) is 0 Å². The Morgan fingerprint density at radius 3 is 2.57 bits per heavy atom. The molecule has 7 nitrogen and oxygen atoms in total. The van der Waals surface area contributed by atoms with Gasteiger partial charge in [-0.1, -0.05) is 43.7 Å². The Kier molecular flexibility index (Phi) is 7.44. The summed E-state index contributed by atoms with van der Waals surface area (Å²) in [5.74, 6) is 0.119. The maximum Gasteiger partial charge on any atom is 0.263 e. The Hall–Kier alpha value is -3.74. The second kappa shape index (κ2) is 10.7. The van der Waals surface area contributed by atoms with E-state index in [0.717, 1.165) is 19.3 Å². The first-order chi connectivity index (χ1) is 17.0. The number of aromatic nitrogens is 1. The number of aryl methyl sites for hydroxylation is 1. The van der Waals surface area contributed by atoms with Crippen LogP contribution in [0, 0.1) is 0 Å². The highest BCUT2D eigenvalue weighted by Crippen LogP contribution is 2.45. The summed E-state index contributed by atoms with van der Waals surface area (Å²) in [7, 11) is 3.10. The van der Waals surface area contributed by atoms with Crippen LogP contribution in [0.1, 0.15) is 53.7 Å². The molecule has 1 aliphatic heterocycles. The smallest absolute Gasteiger partial charge is 0.263 e. The van der Waals surface area contributed by atoms with Gasteiger partial charge in [0.2, 0.25) is 5.88 Å². The first-order valence-corrected chi connectivity index (χ1v) is 12.0. The number of carbonyl (C=O) groups excluding carboxylic acids is 1. The second-order valence-electron chi connectivity index (χ2n) is 8.80. The largest absolute Gasteiger partial charge is 0.506 e. The van der Waals surface area contributed by atoms with Crippen molar-refractivity contribution in [2.75, 3.05) is 27.3 Å². The van der Waals surface area contributed by atoms with E-state index >= 15 is 0 Å². The van der Waals surface area contributed by atoms with E-state index in [9.17, 15) is 15.0 Å². The van der Waals surface area contributed by atoms with E-state index < -0.39 is 11.8 Å². The lowest BCUT2D eigenvalue weighted by atomic mass is 9.96. The number of amides is 1. The number of carbonyl (C=O) groups is 1. The van der Waals surface area contributed by atoms with Crippen molar-refractivity contribution in [1.82, 2.24) is 9.88 Å². The number of unbranched alkanes of at least 4 members (excludes halogenated alkanes) is 1. The molecule has 2 heterocycles. The fourth-order valence-electron chi connectivity index (χ4n) is 4.72. The Morgan fingerprint density at radius 2 is 1.89 bits per heavy atom. The number of likely N-dealkylation sites (tertiary alicyclic amines) is 1. The third-order valence-corrected chi connectivity index (χ3v) is 6.63.